The van der Waals surface area contributed by atoms with Gasteiger partial charge in [0.1, 0.15) is 0 Å². The van der Waals surface area contributed by atoms with Crippen LogP contribution >= 0.6 is 0 Å². The molecule has 0 aromatic rings. The van der Waals surface area contributed by atoms with E-state index < -0.39 is 11.0 Å². The number of carbonyl (C=O) groups is 1. The van der Waals surface area contributed by atoms with Gasteiger partial charge in [0.15, 0.2) is 0 Å². The maximum atomic E-state index is 12.6. The molecular formula is C19H30IO3-. The number of aliphatic hydroxyl groups is 2. The van der Waals surface area contributed by atoms with Crippen molar-refractivity contribution in [1.29, 1.82) is 0 Å². The van der Waals surface area contributed by atoms with E-state index in [-0.39, 0.29) is 39.0 Å². The van der Waals surface area contributed by atoms with Crippen LogP contribution < -0.4 is 21.2 Å². The van der Waals surface area contributed by atoms with E-state index in [9.17, 15) is 15.0 Å². The predicted octanol–water partition coefficient (Wildman–Crippen LogP) is -0.475. The maximum absolute atomic E-state index is 12.6. The topological polar surface area (TPSA) is 57.5 Å². The molecule has 2 bridgehead atoms. The quantitative estimate of drug-likeness (QED) is 0.434. The average Bonchev–Trinajstić information content (AvgIpc) is 2.68. The molecule has 4 rings (SSSR count). The van der Waals surface area contributed by atoms with Gasteiger partial charge in [-0.1, -0.05) is 0 Å². The van der Waals surface area contributed by atoms with Crippen LogP contribution in [0.1, 0.15) is 65.7 Å². The van der Waals surface area contributed by atoms with E-state index in [4.69, 9.17) is 0 Å². The van der Waals surface area contributed by atoms with Crippen LogP contribution in [0.5, 0.6) is 0 Å². The number of hydrogen-bond acceptors (Lipinski definition) is 3. The number of ketones is 1. The summed E-state index contributed by atoms with van der Waals surface area (Å²) in [5, 5.41) is 20.9. The van der Waals surface area contributed by atoms with Crippen molar-refractivity contribution < 1.29 is 36.2 Å². The number of hydrogen-bond donors (Lipinski definition) is 2. The van der Waals surface area contributed by atoms with Gasteiger partial charge in [-0.3, -0.25) is 0 Å². The first-order valence-corrected chi connectivity index (χ1v) is 11.5. The molecule has 0 radical (unpaired) electrons. The molecule has 0 aromatic heterocycles. The number of carbonyl (C=O) groups excluding carboxylic acids is 1. The Bertz CT molecular complexity index is 547. The second-order valence-electron chi connectivity index (χ2n) is 9.37. The third kappa shape index (κ3) is 2.03. The van der Waals surface area contributed by atoms with Gasteiger partial charge in [0.25, 0.3) is 0 Å². The van der Waals surface area contributed by atoms with Crippen molar-refractivity contribution in [2.75, 3.05) is 6.61 Å². The van der Waals surface area contributed by atoms with E-state index in [0.717, 1.165) is 19.3 Å². The molecule has 2 aliphatic heterocycles. The van der Waals surface area contributed by atoms with Crippen molar-refractivity contribution in [3.8, 4) is 0 Å². The number of fused-ring (bicyclic) bond motifs is 3. The Labute approximate surface area is 149 Å². The Balaban J connectivity index is 1.74. The average molecular weight is 433 g/mol. The van der Waals surface area contributed by atoms with Crippen molar-refractivity contribution in [1.82, 2.24) is 0 Å². The molecule has 23 heavy (non-hydrogen) atoms. The van der Waals surface area contributed by atoms with E-state index in [0.29, 0.717) is 25.6 Å². The summed E-state index contributed by atoms with van der Waals surface area (Å²) in [5.41, 5.74) is -0.810. The molecule has 2 N–H and O–H groups in total. The summed E-state index contributed by atoms with van der Waals surface area (Å²) in [6.07, 6.45) is 7.28. The summed E-state index contributed by atoms with van der Waals surface area (Å²) < 4.78 is 0.972. The summed E-state index contributed by atoms with van der Waals surface area (Å²) in [5.74, 6) is 1.26. The second kappa shape index (κ2) is 4.94. The first-order valence-electron chi connectivity index (χ1n) is 9.19. The van der Waals surface area contributed by atoms with E-state index in [1.165, 1.54) is 19.3 Å². The summed E-state index contributed by atoms with van der Waals surface area (Å²) in [6.45, 7) is 6.51. The van der Waals surface area contributed by atoms with E-state index >= 15 is 0 Å². The van der Waals surface area contributed by atoms with Gasteiger partial charge in [0, 0.05) is 0 Å². The Morgan fingerprint density at radius 1 is 1.13 bits per heavy atom. The fourth-order valence-electron chi connectivity index (χ4n) is 6.91. The van der Waals surface area contributed by atoms with Gasteiger partial charge in [-0.05, 0) is 0 Å². The van der Waals surface area contributed by atoms with Crippen LogP contribution in [0, 0.1) is 22.7 Å². The Hall–Kier alpha value is 0.320. The van der Waals surface area contributed by atoms with Crippen LogP contribution in [0.2, 0.25) is 0 Å². The molecular weight excluding hydrogens is 403 g/mol. The van der Waals surface area contributed by atoms with Crippen molar-refractivity contribution in [2.24, 2.45) is 22.7 Å². The van der Waals surface area contributed by atoms with Gasteiger partial charge in [-0.25, -0.2) is 0 Å². The van der Waals surface area contributed by atoms with Crippen LogP contribution in [0.15, 0.2) is 0 Å². The molecule has 2 heterocycles. The van der Waals surface area contributed by atoms with Gasteiger partial charge in [-0.2, -0.15) is 0 Å². The van der Waals surface area contributed by atoms with Gasteiger partial charge in [0.05, 0.1) is 0 Å². The summed E-state index contributed by atoms with van der Waals surface area (Å²) in [6, 6.07) is 0. The molecule has 4 aliphatic rings. The number of Topliss-reactive ketones (excluding diaryl/α,β-unsaturated/α-hetero) is 1. The first-order chi connectivity index (χ1) is 10.7. The van der Waals surface area contributed by atoms with Crippen molar-refractivity contribution in [3.63, 3.8) is 0 Å². The molecule has 2 saturated carbocycles. The van der Waals surface area contributed by atoms with Crippen LogP contribution in [0.25, 0.3) is 0 Å². The van der Waals surface area contributed by atoms with Crippen LogP contribution in [0.3, 0.4) is 0 Å². The Morgan fingerprint density at radius 2 is 1.87 bits per heavy atom. The van der Waals surface area contributed by atoms with Gasteiger partial charge in [0.2, 0.25) is 0 Å². The minimum absolute atomic E-state index is 0.00119. The predicted molar refractivity (Wildman–Crippen MR) is 84.7 cm³/mol. The monoisotopic (exact) mass is 433 g/mol. The molecule has 2 unspecified atom stereocenters. The SMILES string of the molecule is C[C@@]1(CO)C(=O)CC[C@]2(C)C1CCC13C[C@@](C)(O)[C@H](CC[C@H]12)[I-]3. The molecule has 7 atom stereocenters. The van der Waals surface area contributed by atoms with E-state index in [2.05, 4.69) is 13.8 Å². The molecule has 0 aromatic carbocycles. The van der Waals surface area contributed by atoms with Gasteiger partial charge in [-0.15, -0.1) is 0 Å². The normalized spacial score (nSPS) is 59.0. The molecule has 2 saturated heterocycles. The third-order valence-electron chi connectivity index (χ3n) is 8.07. The molecule has 2 aliphatic carbocycles. The van der Waals surface area contributed by atoms with E-state index in [1.54, 1.807) is 0 Å². The van der Waals surface area contributed by atoms with Gasteiger partial charge < -0.3 is 0 Å². The van der Waals surface area contributed by atoms with Crippen molar-refractivity contribution in [2.45, 2.75) is 78.7 Å². The zero-order valence-electron chi connectivity index (χ0n) is 14.6. The van der Waals surface area contributed by atoms with Crippen LogP contribution in [-0.2, 0) is 4.79 Å². The Morgan fingerprint density at radius 3 is 2.57 bits per heavy atom. The second-order valence-corrected chi connectivity index (χ2v) is 13.6. The standard InChI is InChI=1S/C19H30IO3/c1-16-8-7-15(22)17(2,11-21)12(16)6-9-19-10-18(3,23)14(20-19)5-4-13(16)19/h12-14,21,23H,4-11H2,1-3H3/q-1/t12?,13-,14-,16+,17-,18+,19?/m0/s1. The molecule has 3 nitrogen and oxygen atoms in total. The number of rotatable bonds is 1. The molecule has 4 fully saturated rings. The van der Waals surface area contributed by atoms with E-state index in [1.807, 2.05) is 6.92 Å². The molecule has 132 valence electrons. The number of halogens is 1. The fraction of sp³-hybridized carbons (Fsp3) is 0.947. The van der Waals surface area contributed by atoms with Gasteiger partial charge >= 0.3 is 150 Å². The first kappa shape index (κ1) is 16.8. The minimum atomic E-state index is -0.537. The van der Waals surface area contributed by atoms with Crippen molar-refractivity contribution >= 4 is 5.78 Å². The molecule has 0 amide bonds. The number of aliphatic hydroxyl groups excluding tert-OH is 1. The van der Waals surface area contributed by atoms with Crippen LogP contribution in [-0.4, -0.2) is 35.6 Å². The van der Waals surface area contributed by atoms with Crippen LogP contribution in [0.4, 0.5) is 0 Å². The summed E-state index contributed by atoms with van der Waals surface area (Å²) in [7, 11) is 0. The zero-order chi connectivity index (χ0) is 16.7. The number of alkyl halides is 2. The molecule has 4 heteroatoms. The fourth-order valence-corrected chi connectivity index (χ4v) is 13.0. The summed E-state index contributed by atoms with van der Waals surface area (Å²) in [4.78, 5) is 12.6. The van der Waals surface area contributed by atoms with Crippen molar-refractivity contribution in [3.05, 3.63) is 0 Å². The Kier molecular flexibility index (Phi) is 3.60. The third-order valence-corrected chi connectivity index (χ3v) is 13.7. The summed E-state index contributed by atoms with van der Waals surface area (Å²) >= 11 is 0.0175. The zero-order valence-corrected chi connectivity index (χ0v) is 16.7. The molecule has 1 spiro atoms.